The summed E-state index contributed by atoms with van der Waals surface area (Å²) in [7, 11) is 0. The lowest BCUT2D eigenvalue weighted by atomic mass is 9.98. The second-order valence-electron chi connectivity index (χ2n) is 5.01. The number of rotatable bonds is 4. The number of nitrogens with zero attached hydrogens (tertiary/aromatic N) is 2. The Hall–Kier alpha value is -1.40. The summed E-state index contributed by atoms with van der Waals surface area (Å²) in [5.74, 6) is 7.48. The Kier molecular flexibility index (Phi) is 3.68. The topological polar surface area (TPSA) is 96.1 Å². The molecular formula is C12H21N5O. The van der Waals surface area contributed by atoms with Gasteiger partial charge in [-0.15, -0.1) is 0 Å². The lowest BCUT2D eigenvalue weighted by Gasteiger charge is -2.29. The predicted molar refractivity (Wildman–Crippen MR) is 71.2 cm³/mol. The zero-order valence-corrected chi connectivity index (χ0v) is 11.0. The molecule has 0 radical (unpaired) electrons. The maximum atomic E-state index is 9.62. The number of anilines is 2. The monoisotopic (exact) mass is 251 g/mol. The lowest BCUT2D eigenvalue weighted by Crippen LogP contribution is -2.39. The molecule has 1 fully saturated rings. The second-order valence-corrected chi connectivity index (χ2v) is 5.01. The number of aliphatic hydroxyl groups is 1. The van der Waals surface area contributed by atoms with Gasteiger partial charge in [0.2, 0.25) is 0 Å². The van der Waals surface area contributed by atoms with E-state index in [2.05, 4.69) is 20.7 Å². The lowest BCUT2D eigenvalue weighted by molar-refractivity contribution is 0.213. The van der Waals surface area contributed by atoms with Crippen LogP contribution in [0.15, 0.2) is 0 Å². The van der Waals surface area contributed by atoms with E-state index >= 15 is 0 Å². The van der Waals surface area contributed by atoms with Crippen molar-refractivity contribution in [1.29, 1.82) is 0 Å². The first kappa shape index (κ1) is 13.0. The number of nitrogens with two attached hydrogens (primary N) is 1. The number of aromatic nitrogens is 2. The highest BCUT2D eigenvalue weighted by Crippen LogP contribution is 2.33. The third-order valence-electron chi connectivity index (χ3n) is 3.64. The predicted octanol–water partition coefficient (Wildman–Crippen LogP) is 1.10. The molecule has 18 heavy (non-hydrogen) atoms. The molecule has 0 unspecified atom stereocenters. The Labute approximate surface area is 107 Å². The molecule has 0 amide bonds. The van der Waals surface area contributed by atoms with Gasteiger partial charge in [-0.05, 0) is 26.7 Å². The Morgan fingerprint density at radius 1 is 1.22 bits per heavy atom. The van der Waals surface area contributed by atoms with Crippen LogP contribution in [-0.4, -0.2) is 27.2 Å². The van der Waals surface area contributed by atoms with E-state index in [0.717, 1.165) is 37.1 Å². The molecule has 0 bridgehead atoms. The average Bonchev–Trinajstić information content (AvgIpc) is 2.82. The summed E-state index contributed by atoms with van der Waals surface area (Å²) >= 11 is 0. The fraction of sp³-hybridized carbons (Fsp3) is 0.667. The van der Waals surface area contributed by atoms with Gasteiger partial charge in [-0.25, -0.2) is 15.8 Å². The highest BCUT2D eigenvalue weighted by Gasteiger charge is 2.34. The van der Waals surface area contributed by atoms with Gasteiger partial charge in [0.05, 0.1) is 12.1 Å². The number of aliphatic hydroxyl groups excluding tert-OH is 1. The molecule has 1 heterocycles. The summed E-state index contributed by atoms with van der Waals surface area (Å²) in [6, 6.07) is 0. The first-order valence-electron chi connectivity index (χ1n) is 6.31. The van der Waals surface area contributed by atoms with Crippen molar-refractivity contribution in [3.63, 3.8) is 0 Å². The van der Waals surface area contributed by atoms with Gasteiger partial charge in [-0.1, -0.05) is 12.8 Å². The van der Waals surface area contributed by atoms with Gasteiger partial charge in [0, 0.05) is 5.56 Å². The van der Waals surface area contributed by atoms with Gasteiger partial charge in [-0.2, -0.15) is 0 Å². The van der Waals surface area contributed by atoms with Crippen LogP contribution in [-0.2, 0) is 0 Å². The third-order valence-corrected chi connectivity index (χ3v) is 3.64. The van der Waals surface area contributed by atoms with Crippen molar-refractivity contribution in [2.45, 2.75) is 45.1 Å². The van der Waals surface area contributed by atoms with Gasteiger partial charge in [0.25, 0.3) is 0 Å². The highest BCUT2D eigenvalue weighted by molar-refractivity contribution is 5.57. The molecule has 2 rings (SSSR count). The van der Waals surface area contributed by atoms with Gasteiger partial charge < -0.3 is 15.8 Å². The SMILES string of the molecule is Cc1nc(NN)c(C)c(NC2(CO)CCCC2)n1. The number of hydrogen-bond donors (Lipinski definition) is 4. The van der Waals surface area contributed by atoms with Crippen molar-refractivity contribution in [2.75, 3.05) is 17.3 Å². The molecule has 1 aromatic rings. The zero-order valence-electron chi connectivity index (χ0n) is 11.0. The molecule has 1 aliphatic rings. The van der Waals surface area contributed by atoms with Crippen molar-refractivity contribution in [3.05, 3.63) is 11.4 Å². The maximum Gasteiger partial charge on any atom is 0.148 e. The van der Waals surface area contributed by atoms with Crippen LogP contribution in [0.4, 0.5) is 11.6 Å². The minimum atomic E-state index is -0.239. The van der Waals surface area contributed by atoms with E-state index in [4.69, 9.17) is 5.84 Å². The molecule has 1 aromatic heterocycles. The largest absolute Gasteiger partial charge is 0.394 e. The van der Waals surface area contributed by atoms with Crippen LogP contribution in [0.2, 0.25) is 0 Å². The molecule has 1 saturated carbocycles. The number of hydrazine groups is 1. The van der Waals surface area contributed by atoms with Gasteiger partial charge in [-0.3, -0.25) is 0 Å². The summed E-state index contributed by atoms with van der Waals surface area (Å²) < 4.78 is 0. The summed E-state index contributed by atoms with van der Waals surface area (Å²) in [6.07, 6.45) is 4.21. The van der Waals surface area contributed by atoms with E-state index in [1.54, 1.807) is 0 Å². The van der Waals surface area contributed by atoms with Crippen molar-refractivity contribution in [1.82, 2.24) is 9.97 Å². The first-order chi connectivity index (χ1) is 8.60. The van der Waals surface area contributed by atoms with Crippen molar-refractivity contribution >= 4 is 11.6 Å². The quantitative estimate of drug-likeness (QED) is 0.472. The molecule has 0 spiro atoms. The van der Waals surface area contributed by atoms with Crippen LogP contribution in [0.1, 0.15) is 37.1 Å². The summed E-state index contributed by atoms with van der Waals surface area (Å²) in [4.78, 5) is 8.63. The Morgan fingerprint density at radius 2 is 1.83 bits per heavy atom. The zero-order chi connectivity index (χ0) is 13.2. The van der Waals surface area contributed by atoms with Crippen molar-refractivity contribution in [2.24, 2.45) is 5.84 Å². The van der Waals surface area contributed by atoms with Crippen molar-refractivity contribution in [3.8, 4) is 0 Å². The molecule has 6 heteroatoms. The van der Waals surface area contributed by atoms with Crippen LogP contribution in [0.5, 0.6) is 0 Å². The smallest absolute Gasteiger partial charge is 0.148 e. The number of nitrogen functional groups attached to an aromatic ring is 1. The minimum absolute atomic E-state index is 0.126. The molecule has 0 aliphatic heterocycles. The fourth-order valence-electron chi connectivity index (χ4n) is 2.52. The Morgan fingerprint density at radius 3 is 2.39 bits per heavy atom. The van der Waals surface area contributed by atoms with E-state index in [1.807, 2.05) is 13.8 Å². The van der Waals surface area contributed by atoms with E-state index < -0.39 is 0 Å². The van der Waals surface area contributed by atoms with Gasteiger partial charge in [0.1, 0.15) is 17.5 Å². The second kappa shape index (κ2) is 5.07. The summed E-state index contributed by atoms with van der Waals surface area (Å²) in [5, 5.41) is 13.0. The van der Waals surface area contributed by atoms with Crippen LogP contribution in [0, 0.1) is 13.8 Å². The molecule has 6 nitrogen and oxygen atoms in total. The Balaban J connectivity index is 2.30. The minimum Gasteiger partial charge on any atom is -0.394 e. The number of aryl methyl sites for hydroxylation is 1. The van der Waals surface area contributed by atoms with Crippen LogP contribution < -0.4 is 16.6 Å². The summed E-state index contributed by atoms with van der Waals surface area (Å²) in [5.41, 5.74) is 3.22. The molecule has 100 valence electrons. The maximum absolute atomic E-state index is 9.62. The molecular weight excluding hydrogens is 230 g/mol. The van der Waals surface area contributed by atoms with Crippen molar-refractivity contribution < 1.29 is 5.11 Å². The van der Waals surface area contributed by atoms with E-state index in [1.165, 1.54) is 0 Å². The molecule has 0 aromatic carbocycles. The molecule has 1 aliphatic carbocycles. The molecule has 5 N–H and O–H groups in total. The van der Waals surface area contributed by atoms with Crippen LogP contribution in [0.3, 0.4) is 0 Å². The number of hydrogen-bond acceptors (Lipinski definition) is 6. The van der Waals surface area contributed by atoms with E-state index in [9.17, 15) is 5.11 Å². The number of nitrogens with one attached hydrogen (secondary N) is 2. The third kappa shape index (κ3) is 2.39. The van der Waals surface area contributed by atoms with E-state index in [0.29, 0.717) is 11.6 Å². The summed E-state index contributed by atoms with van der Waals surface area (Å²) in [6.45, 7) is 3.86. The van der Waals surface area contributed by atoms with Crippen LogP contribution in [0.25, 0.3) is 0 Å². The molecule has 0 saturated heterocycles. The van der Waals surface area contributed by atoms with Crippen LogP contribution >= 0.6 is 0 Å². The fourth-order valence-corrected chi connectivity index (χ4v) is 2.52. The average molecular weight is 251 g/mol. The normalized spacial score (nSPS) is 17.8. The first-order valence-corrected chi connectivity index (χ1v) is 6.31. The highest BCUT2D eigenvalue weighted by atomic mass is 16.3. The standard InChI is InChI=1S/C12H21N5O/c1-8-10(14-9(2)15-11(8)17-13)16-12(7-18)5-3-4-6-12/h18H,3-7,13H2,1-2H3,(H2,14,15,16,17). The molecule has 0 atom stereocenters. The van der Waals surface area contributed by atoms with Gasteiger partial charge >= 0.3 is 0 Å². The van der Waals surface area contributed by atoms with E-state index in [-0.39, 0.29) is 12.1 Å². The van der Waals surface area contributed by atoms with Gasteiger partial charge in [0.15, 0.2) is 0 Å². The Bertz CT molecular complexity index is 429.